The van der Waals surface area contributed by atoms with Crippen molar-refractivity contribution in [1.29, 1.82) is 0 Å². The van der Waals surface area contributed by atoms with E-state index >= 15 is 0 Å². The fourth-order valence-corrected chi connectivity index (χ4v) is 6.28. The molecule has 148 valence electrons. The van der Waals surface area contributed by atoms with Gasteiger partial charge in [0, 0.05) is 61.8 Å². The van der Waals surface area contributed by atoms with Crippen molar-refractivity contribution in [2.75, 3.05) is 64.0 Å². The van der Waals surface area contributed by atoms with Gasteiger partial charge in [0.25, 0.3) is 0 Å². The summed E-state index contributed by atoms with van der Waals surface area (Å²) in [7, 11) is 0. The highest BCUT2D eigenvalue weighted by Crippen LogP contribution is 2.39. The molecule has 1 atom stereocenters. The van der Waals surface area contributed by atoms with Crippen LogP contribution in [-0.2, 0) is 4.74 Å². The molecule has 0 radical (unpaired) electrons. The number of guanidine groups is 1. The van der Waals surface area contributed by atoms with E-state index in [1.807, 2.05) is 0 Å². The second kappa shape index (κ2) is 8.27. The lowest BCUT2D eigenvalue weighted by Crippen LogP contribution is -2.53. The van der Waals surface area contributed by atoms with Gasteiger partial charge >= 0.3 is 0 Å². The molecule has 6 heteroatoms. The smallest absolute Gasteiger partial charge is 0.194 e. The van der Waals surface area contributed by atoms with Gasteiger partial charge in [0.2, 0.25) is 0 Å². The highest BCUT2D eigenvalue weighted by atomic mass is 32.2. The topological polar surface area (TPSA) is 40.1 Å². The van der Waals surface area contributed by atoms with Crippen LogP contribution < -0.4 is 5.32 Å². The molecule has 0 amide bonds. The quantitative estimate of drug-likeness (QED) is 0.599. The number of nitrogens with one attached hydrogen (secondary N) is 1. The van der Waals surface area contributed by atoms with E-state index in [2.05, 4.69) is 33.8 Å². The van der Waals surface area contributed by atoms with Crippen molar-refractivity contribution >= 4 is 17.7 Å². The summed E-state index contributed by atoms with van der Waals surface area (Å²) in [6.45, 7) is 10.7. The summed E-state index contributed by atoms with van der Waals surface area (Å²) in [5, 5.41) is 3.59. The Bertz CT molecular complexity index is 494. The van der Waals surface area contributed by atoms with Crippen LogP contribution in [0.5, 0.6) is 0 Å². The van der Waals surface area contributed by atoms with Gasteiger partial charge in [-0.2, -0.15) is 11.8 Å². The predicted octanol–water partition coefficient (Wildman–Crippen LogP) is 2.43. The predicted molar refractivity (Wildman–Crippen MR) is 110 cm³/mol. The lowest BCUT2D eigenvalue weighted by Gasteiger charge is -2.42. The first-order valence-corrected chi connectivity index (χ1v) is 11.8. The Kier molecular flexibility index (Phi) is 6.01. The van der Waals surface area contributed by atoms with E-state index in [1.165, 1.54) is 63.1 Å². The Morgan fingerprint density at radius 2 is 1.92 bits per heavy atom. The average molecular weight is 381 g/mol. The first kappa shape index (κ1) is 18.9. The van der Waals surface area contributed by atoms with Crippen molar-refractivity contribution in [2.24, 2.45) is 10.4 Å². The Labute approximate surface area is 163 Å². The SMILES string of the molecule is CCNC(=NCC1(N2CCSCC2)CCCC1)N1CCC2(CCOC2)C1. The molecule has 0 aromatic carbocycles. The zero-order valence-electron chi connectivity index (χ0n) is 16.5. The van der Waals surface area contributed by atoms with E-state index in [1.54, 1.807) is 0 Å². The molecule has 4 fully saturated rings. The van der Waals surface area contributed by atoms with Gasteiger partial charge in [-0.1, -0.05) is 12.8 Å². The normalized spacial score (nSPS) is 32.7. The number of nitrogens with zero attached hydrogens (tertiary/aromatic N) is 3. The van der Waals surface area contributed by atoms with Crippen molar-refractivity contribution in [2.45, 2.75) is 51.0 Å². The first-order valence-electron chi connectivity index (χ1n) is 10.7. The molecule has 1 unspecified atom stereocenters. The van der Waals surface area contributed by atoms with Crippen LogP contribution in [0.2, 0.25) is 0 Å². The van der Waals surface area contributed by atoms with Crippen LogP contribution in [-0.4, -0.2) is 85.3 Å². The second-order valence-electron chi connectivity index (χ2n) is 8.68. The van der Waals surface area contributed by atoms with Gasteiger partial charge in [0.15, 0.2) is 5.96 Å². The highest BCUT2D eigenvalue weighted by Gasteiger charge is 2.43. The Morgan fingerprint density at radius 3 is 2.62 bits per heavy atom. The van der Waals surface area contributed by atoms with Crippen molar-refractivity contribution < 1.29 is 4.74 Å². The van der Waals surface area contributed by atoms with Gasteiger partial charge in [0.1, 0.15) is 0 Å². The van der Waals surface area contributed by atoms with Gasteiger partial charge in [-0.15, -0.1) is 0 Å². The Morgan fingerprint density at radius 1 is 1.12 bits per heavy atom. The number of thioether (sulfide) groups is 1. The molecule has 3 saturated heterocycles. The summed E-state index contributed by atoms with van der Waals surface area (Å²) in [5.74, 6) is 3.73. The zero-order valence-corrected chi connectivity index (χ0v) is 17.3. The molecular formula is C20H36N4OS. The largest absolute Gasteiger partial charge is 0.381 e. The van der Waals surface area contributed by atoms with Crippen LogP contribution in [0.4, 0.5) is 0 Å². The molecule has 0 aromatic rings. The van der Waals surface area contributed by atoms with Crippen LogP contribution in [0.15, 0.2) is 4.99 Å². The van der Waals surface area contributed by atoms with Crippen LogP contribution in [0.25, 0.3) is 0 Å². The summed E-state index contributed by atoms with van der Waals surface area (Å²) in [6.07, 6.45) is 7.89. The monoisotopic (exact) mass is 380 g/mol. The van der Waals surface area contributed by atoms with E-state index in [0.29, 0.717) is 11.0 Å². The minimum absolute atomic E-state index is 0.329. The van der Waals surface area contributed by atoms with Gasteiger partial charge in [-0.25, -0.2) is 0 Å². The molecule has 4 rings (SSSR count). The van der Waals surface area contributed by atoms with Gasteiger partial charge in [0.05, 0.1) is 13.2 Å². The van der Waals surface area contributed by atoms with Crippen LogP contribution in [0, 0.1) is 5.41 Å². The molecule has 26 heavy (non-hydrogen) atoms. The molecule has 3 aliphatic heterocycles. The third-order valence-electron chi connectivity index (χ3n) is 7.00. The summed E-state index contributed by atoms with van der Waals surface area (Å²) in [6, 6.07) is 0. The van der Waals surface area contributed by atoms with Gasteiger partial charge in [-0.3, -0.25) is 9.89 Å². The highest BCUT2D eigenvalue weighted by molar-refractivity contribution is 7.99. The maximum Gasteiger partial charge on any atom is 0.194 e. The van der Waals surface area contributed by atoms with Crippen LogP contribution in [0.3, 0.4) is 0 Å². The number of hydrogen-bond acceptors (Lipinski definition) is 4. The molecule has 0 aromatic heterocycles. The molecule has 3 heterocycles. The van der Waals surface area contributed by atoms with E-state index < -0.39 is 0 Å². The maximum atomic E-state index is 5.71. The van der Waals surface area contributed by atoms with Crippen molar-refractivity contribution in [3.63, 3.8) is 0 Å². The summed E-state index contributed by atoms with van der Waals surface area (Å²) in [4.78, 5) is 10.5. The fraction of sp³-hybridized carbons (Fsp3) is 0.950. The molecule has 4 aliphatic rings. The second-order valence-corrected chi connectivity index (χ2v) is 9.90. The minimum atomic E-state index is 0.329. The Hall–Kier alpha value is -0.460. The average Bonchev–Trinajstić information content (AvgIpc) is 3.43. The van der Waals surface area contributed by atoms with Gasteiger partial charge < -0.3 is 15.0 Å². The molecular weight excluding hydrogens is 344 g/mol. The molecule has 5 nitrogen and oxygen atoms in total. The molecule has 0 bridgehead atoms. The molecule has 1 aliphatic carbocycles. The minimum Gasteiger partial charge on any atom is -0.381 e. The summed E-state index contributed by atoms with van der Waals surface area (Å²) < 4.78 is 5.71. The summed E-state index contributed by atoms with van der Waals surface area (Å²) in [5.41, 5.74) is 0.723. The Balaban J connectivity index is 1.46. The number of likely N-dealkylation sites (tertiary alicyclic amines) is 1. The lowest BCUT2D eigenvalue weighted by atomic mass is 9.87. The van der Waals surface area contributed by atoms with Gasteiger partial charge in [-0.05, 0) is 32.6 Å². The van der Waals surface area contributed by atoms with E-state index in [9.17, 15) is 0 Å². The number of aliphatic imine (C=N–C) groups is 1. The van der Waals surface area contributed by atoms with Crippen LogP contribution >= 0.6 is 11.8 Å². The number of rotatable bonds is 4. The zero-order chi connectivity index (χ0) is 17.9. The first-order chi connectivity index (χ1) is 12.8. The number of hydrogen-bond donors (Lipinski definition) is 1. The van der Waals surface area contributed by atoms with Crippen molar-refractivity contribution in [3.8, 4) is 0 Å². The van der Waals surface area contributed by atoms with E-state index in [0.717, 1.165) is 45.4 Å². The van der Waals surface area contributed by atoms with Crippen molar-refractivity contribution in [3.05, 3.63) is 0 Å². The molecule has 1 N–H and O–H groups in total. The number of ether oxygens (including phenoxy) is 1. The van der Waals surface area contributed by atoms with E-state index in [-0.39, 0.29) is 0 Å². The van der Waals surface area contributed by atoms with Crippen LogP contribution in [0.1, 0.15) is 45.4 Å². The molecule has 1 spiro atoms. The fourth-order valence-electron chi connectivity index (χ4n) is 5.38. The maximum absolute atomic E-state index is 5.71. The molecule has 1 saturated carbocycles. The lowest BCUT2D eigenvalue weighted by molar-refractivity contribution is 0.112. The third kappa shape index (κ3) is 3.88. The van der Waals surface area contributed by atoms with Crippen molar-refractivity contribution in [1.82, 2.24) is 15.1 Å². The third-order valence-corrected chi connectivity index (χ3v) is 7.94. The summed E-state index contributed by atoms with van der Waals surface area (Å²) >= 11 is 2.11. The standard InChI is InChI=1S/C20H36N4OS/c1-2-21-18(23-9-7-19(16-23)8-12-25-17-19)22-15-20(5-3-4-6-20)24-10-13-26-14-11-24/h2-17H2,1H3,(H,21,22). The van der Waals surface area contributed by atoms with E-state index in [4.69, 9.17) is 9.73 Å².